The van der Waals surface area contributed by atoms with E-state index in [-0.39, 0.29) is 0 Å². The maximum Gasteiger partial charge on any atom is 0.0603 e. The summed E-state index contributed by atoms with van der Waals surface area (Å²) in [5, 5.41) is 9.81. The van der Waals surface area contributed by atoms with E-state index in [0.29, 0.717) is 0 Å². The molecule has 94 valence electrons. The second-order valence-electron chi connectivity index (χ2n) is 5.75. The highest BCUT2D eigenvalue weighted by molar-refractivity contribution is 5.14. The monoisotopic (exact) mass is 233 g/mol. The van der Waals surface area contributed by atoms with Gasteiger partial charge in [-0.15, -0.1) is 0 Å². The third-order valence-electron chi connectivity index (χ3n) is 3.30. The molecular formula is C15H23NO. The van der Waals surface area contributed by atoms with Gasteiger partial charge in [0.2, 0.25) is 0 Å². The third kappa shape index (κ3) is 4.49. The van der Waals surface area contributed by atoms with E-state index in [4.69, 9.17) is 0 Å². The molecule has 1 aromatic carbocycles. The van der Waals surface area contributed by atoms with E-state index in [9.17, 15) is 5.11 Å². The van der Waals surface area contributed by atoms with E-state index >= 15 is 0 Å². The fourth-order valence-corrected chi connectivity index (χ4v) is 2.07. The molecule has 0 spiro atoms. The minimum Gasteiger partial charge on any atom is -0.390 e. The molecule has 1 aliphatic carbocycles. The van der Waals surface area contributed by atoms with Crippen LogP contribution in [0.3, 0.4) is 0 Å². The summed E-state index contributed by atoms with van der Waals surface area (Å²) in [5.74, 6) is 0. The topological polar surface area (TPSA) is 23.5 Å². The molecule has 1 N–H and O–H groups in total. The van der Waals surface area contributed by atoms with Crippen molar-refractivity contribution in [1.29, 1.82) is 0 Å². The van der Waals surface area contributed by atoms with E-state index in [2.05, 4.69) is 35.2 Å². The lowest BCUT2D eigenvalue weighted by Gasteiger charge is -2.26. The maximum atomic E-state index is 9.81. The Hall–Kier alpha value is -0.860. The lowest BCUT2D eigenvalue weighted by atomic mass is 10.1. The van der Waals surface area contributed by atoms with Gasteiger partial charge in [0, 0.05) is 19.1 Å². The zero-order chi connectivity index (χ0) is 12.3. The van der Waals surface area contributed by atoms with Crippen molar-refractivity contribution in [3.63, 3.8) is 0 Å². The molecule has 2 nitrogen and oxygen atoms in total. The first-order chi connectivity index (χ1) is 8.04. The Labute approximate surface area is 104 Å². The highest BCUT2D eigenvalue weighted by Gasteiger charge is 2.29. The standard InChI is InChI=1S/C15H23NO/c1-15(2,17)10-11-16(14-8-9-14)12-13-6-4-3-5-7-13/h3-7,14,17H,8-12H2,1-2H3. The highest BCUT2D eigenvalue weighted by atomic mass is 16.3. The van der Waals surface area contributed by atoms with Crippen LogP contribution in [0.5, 0.6) is 0 Å². The average molecular weight is 233 g/mol. The molecule has 0 amide bonds. The molecule has 0 heterocycles. The Bertz CT molecular complexity index is 338. The number of aliphatic hydroxyl groups is 1. The molecular weight excluding hydrogens is 210 g/mol. The zero-order valence-electron chi connectivity index (χ0n) is 10.9. The van der Waals surface area contributed by atoms with Crippen LogP contribution in [0, 0.1) is 0 Å². The van der Waals surface area contributed by atoms with Crippen LogP contribution in [-0.4, -0.2) is 28.2 Å². The summed E-state index contributed by atoms with van der Waals surface area (Å²) in [6, 6.07) is 11.4. The summed E-state index contributed by atoms with van der Waals surface area (Å²) in [6.45, 7) is 5.78. The summed E-state index contributed by atoms with van der Waals surface area (Å²) >= 11 is 0. The Balaban J connectivity index is 1.89. The van der Waals surface area contributed by atoms with Crippen LogP contribution >= 0.6 is 0 Å². The summed E-state index contributed by atoms with van der Waals surface area (Å²) in [6.07, 6.45) is 3.48. The lowest BCUT2D eigenvalue weighted by molar-refractivity contribution is 0.0553. The van der Waals surface area contributed by atoms with E-state index in [1.54, 1.807) is 0 Å². The minimum absolute atomic E-state index is 0.552. The van der Waals surface area contributed by atoms with Gasteiger partial charge in [0.05, 0.1) is 5.60 Å². The molecule has 0 aliphatic heterocycles. The average Bonchev–Trinajstić information content (AvgIpc) is 3.08. The molecule has 0 aromatic heterocycles. The Kier molecular flexibility index (Phi) is 3.85. The summed E-state index contributed by atoms with van der Waals surface area (Å²) in [7, 11) is 0. The van der Waals surface area contributed by atoms with Gasteiger partial charge in [-0.1, -0.05) is 30.3 Å². The molecule has 2 heteroatoms. The smallest absolute Gasteiger partial charge is 0.0603 e. The first kappa shape index (κ1) is 12.6. The predicted octanol–water partition coefficient (Wildman–Crippen LogP) is 2.81. The number of nitrogens with zero attached hydrogens (tertiary/aromatic N) is 1. The van der Waals surface area contributed by atoms with E-state index < -0.39 is 5.60 Å². The SMILES string of the molecule is CC(C)(O)CCN(Cc1ccccc1)C1CC1. The van der Waals surface area contributed by atoms with E-state index in [0.717, 1.165) is 25.6 Å². The van der Waals surface area contributed by atoms with Crippen LogP contribution in [0.1, 0.15) is 38.7 Å². The Morgan fingerprint density at radius 1 is 1.24 bits per heavy atom. The van der Waals surface area contributed by atoms with Gasteiger partial charge in [-0.05, 0) is 38.7 Å². The summed E-state index contributed by atoms with van der Waals surface area (Å²) in [4.78, 5) is 2.51. The first-order valence-electron chi connectivity index (χ1n) is 6.55. The Morgan fingerprint density at radius 2 is 1.88 bits per heavy atom. The molecule has 0 atom stereocenters. The van der Waals surface area contributed by atoms with Crippen LogP contribution in [0.4, 0.5) is 0 Å². The van der Waals surface area contributed by atoms with Gasteiger partial charge in [-0.2, -0.15) is 0 Å². The predicted molar refractivity (Wildman–Crippen MR) is 70.8 cm³/mol. The number of hydrogen-bond acceptors (Lipinski definition) is 2. The zero-order valence-corrected chi connectivity index (χ0v) is 10.9. The molecule has 1 fully saturated rings. The van der Waals surface area contributed by atoms with Crippen molar-refractivity contribution in [2.45, 2.75) is 51.3 Å². The summed E-state index contributed by atoms with van der Waals surface area (Å²) < 4.78 is 0. The van der Waals surface area contributed by atoms with Crippen LogP contribution < -0.4 is 0 Å². The molecule has 0 radical (unpaired) electrons. The number of hydrogen-bond donors (Lipinski definition) is 1. The molecule has 0 unspecified atom stereocenters. The van der Waals surface area contributed by atoms with Crippen LogP contribution in [0.2, 0.25) is 0 Å². The van der Waals surface area contributed by atoms with Crippen molar-refractivity contribution in [3.8, 4) is 0 Å². The van der Waals surface area contributed by atoms with E-state index in [1.165, 1.54) is 18.4 Å². The van der Waals surface area contributed by atoms with Gasteiger partial charge in [0.1, 0.15) is 0 Å². The molecule has 17 heavy (non-hydrogen) atoms. The van der Waals surface area contributed by atoms with Gasteiger partial charge in [0.25, 0.3) is 0 Å². The van der Waals surface area contributed by atoms with Crippen molar-refractivity contribution >= 4 is 0 Å². The first-order valence-corrected chi connectivity index (χ1v) is 6.55. The largest absolute Gasteiger partial charge is 0.390 e. The van der Waals surface area contributed by atoms with Crippen molar-refractivity contribution in [2.75, 3.05) is 6.54 Å². The molecule has 1 aliphatic rings. The van der Waals surface area contributed by atoms with Crippen molar-refractivity contribution < 1.29 is 5.11 Å². The molecule has 1 aromatic rings. The lowest BCUT2D eigenvalue weighted by Crippen LogP contribution is -2.32. The highest BCUT2D eigenvalue weighted by Crippen LogP contribution is 2.29. The van der Waals surface area contributed by atoms with Crippen LogP contribution in [0.15, 0.2) is 30.3 Å². The fourth-order valence-electron chi connectivity index (χ4n) is 2.07. The number of rotatable bonds is 6. The molecule has 0 bridgehead atoms. The fraction of sp³-hybridized carbons (Fsp3) is 0.600. The van der Waals surface area contributed by atoms with Crippen molar-refractivity contribution in [1.82, 2.24) is 4.90 Å². The summed E-state index contributed by atoms with van der Waals surface area (Å²) in [5.41, 5.74) is 0.819. The van der Waals surface area contributed by atoms with Gasteiger partial charge in [0.15, 0.2) is 0 Å². The maximum absolute atomic E-state index is 9.81. The van der Waals surface area contributed by atoms with Crippen LogP contribution in [-0.2, 0) is 6.54 Å². The molecule has 2 rings (SSSR count). The van der Waals surface area contributed by atoms with Gasteiger partial charge >= 0.3 is 0 Å². The Morgan fingerprint density at radius 3 is 2.41 bits per heavy atom. The molecule has 1 saturated carbocycles. The quantitative estimate of drug-likeness (QED) is 0.816. The van der Waals surface area contributed by atoms with Crippen LogP contribution in [0.25, 0.3) is 0 Å². The van der Waals surface area contributed by atoms with E-state index in [1.807, 2.05) is 13.8 Å². The minimum atomic E-state index is -0.552. The van der Waals surface area contributed by atoms with Gasteiger partial charge < -0.3 is 5.11 Å². The van der Waals surface area contributed by atoms with Crippen molar-refractivity contribution in [2.24, 2.45) is 0 Å². The number of benzene rings is 1. The second kappa shape index (κ2) is 5.19. The van der Waals surface area contributed by atoms with Gasteiger partial charge in [-0.3, -0.25) is 4.90 Å². The normalized spacial score (nSPS) is 16.5. The van der Waals surface area contributed by atoms with Gasteiger partial charge in [-0.25, -0.2) is 0 Å². The third-order valence-corrected chi connectivity index (χ3v) is 3.30. The molecule has 0 saturated heterocycles. The van der Waals surface area contributed by atoms with Crippen molar-refractivity contribution in [3.05, 3.63) is 35.9 Å². The second-order valence-corrected chi connectivity index (χ2v) is 5.75.